The van der Waals surface area contributed by atoms with E-state index in [9.17, 15) is 19.8 Å². The first-order valence-electron chi connectivity index (χ1n) is 7.23. The molecule has 0 fully saturated rings. The highest BCUT2D eigenvalue weighted by Crippen LogP contribution is 2.44. The van der Waals surface area contributed by atoms with E-state index in [1.807, 2.05) is 0 Å². The third-order valence-corrected chi connectivity index (χ3v) is 4.40. The van der Waals surface area contributed by atoms with Crippen molar-refractivity contribution in [3.63, 3.8) is 0 Å². The summed E-state index contributed by atoms with van der Waals surface area (Å²) in [5.41, 5.74) is 0.544. The lowest BCUT2D eigenvalue weighted by Crippen LogP contribution is -2.22. The van der Waals surface area contributed by atoms with Crippen LogP contribution in [0.15, 0.2) is 12.1 Å². The van der Waals surface area contributed by atoms with Gasteiger partial charge in [-0.15, -0.1) is 0 Å². The molecule has 0 saturated heterocycles. The van der Waals surface area contributed by atoms with Crippen LogP contribution in [0.3, 0.4) is 0 Å². The van der Waals surface area contributed by atoms with Gasteiger partial charge >= 0.3 is 0 Å². The van der Waals surface area contributed by atoms with Crippen LogP contribution < -0.4 is 9.47 Å². The van der Waals surface area contributed by atoms with Crippen molar-refractivity contribution in [2.45, 2.75) is 13.8 Å². The van der Waals surface area contributed by atoms with Gasteiger partial charge in [-0.1, -0.05) is 0 Å². The molecule has 0 unspecified atom stereocenters. The topological polar surface area (TPSA) is 93.1 Å². The molecule has 0 bridgehead atoms. The van der Waals surface area contributed by atoms with Crippen molar-refractivity contribution in [2.75, 3.05) is 14.2 Å². The van der Waals surface area contributed by atoms with Crippen LogP contribution in [0.4, 0.5) is 0 Å². The summed E-state index contributed by atoms with van der Waals surface area (Å²) in [6.45, 7) is 3.17. The minimum absolute atomic E-state index is 0.0396. The number of hydrogen-bond acceptors (Lipinski definition) is 6. The Bertz CT molecular complexity index is 839. The molecule has 0 saturated carbocycles. The van der Waals surface area contributed by atoms with Crippen molar-refractivity contribution in [3.05, 3.63) is 45.5 Å². The van der Waals surface area contributed by atoms with Gasteiger partial charge in [0.25, 0.3) is 0 Å². The number of carbonyl (C=O) groups is 2. The fourth-order valence-corrected chi connectivity index (χ4v) is 3.00. The van der Waals surface area contributed by atoms with Crippen LogP contribution in [-0.4, -0.2) is 36.0 Å². The number of phenols is 2. The molecule has 0 spiro atoms. The molecule has 1 aliphatic carbocycles. The number of methoxy groups -OCH3 is 2. The second kappa shape index (κ2) is 5.26. The second-order valence-corrected chi connectivity index (χ2v) is 5.61. The van der Waals surface area contributed by atoms with E-state index in [-0.39, 0.29) is 33.8 Å². The fourth-order valence-electron chi connectivity index (χ4n) is 3.00. The van der Waals surface area contributed by atoms with Gasteiger partial charge in [-0.2, -0.15) is 0 Å². The maximum atomic E-state index is 12.8. The Hall–Kier alpha value is -3.02. The third-order valence-electron chi connectivity index (χ3n) is 4.40. The predicted molar refractivity (Wildman–Crippen MR) is 85.7 cm³/mol. The van der Waals surface area contributed by atoms with Crippen LogP contribution >= 0.6 is 0 Å². The monoisotopic (exact) mass is 328 g/mol. The zero-order valence-corrected chi connectivity index (χ0v) is 13.7. The first-order chi connectivity index (χ1) is 11.3. The Morgan fingerprint density at radius 2 is 1.12 bits per heavy atom. The Morgan fingerprint density at radius 3 is 1.46 bits per heavy atom. The molecule has 0 heterocycles. The van der Waals surface area contributed by atoms with Crippen molar-refractivity contribution in [2.24, 2.45) is 0 Å². The quantitative estimate of drug-likeness (QED) is 0.751. The average Bonchev–Trinajstić information content (AvgIpc) is 2.57. The highest BCUT2D eigenvalue weighted by atomic mass is 16.5. The van der Waals surface area contributed by atoms with E-state index in [1.54, 1.807) is 13.8 Å². The molecule has 2 aromatic rings. The number of fused-ring (bicyclic) bond motifs is 2. The summed E-state index contributed by atoms with van der Waals surface area (Å²) in [7, 11) is 2.82. The third kappa shape index (κ3) is 1.89. The van der Waals surface area contributed by atoms with E-state index in [4.69, 9.17) is 9.47 Å². The fraction of sp³-hybridized carbons (Fsp3) is 0.222. The number of benzene rings is 2. The standard InChI is InChI=1S/C18H16O6/c1-7-11(23-3)5-9-13(15(7)19)18(22)14-10(17(9)21)6-12(24-4)8(2)16(14)20/h5-6,19-20H,1-4H3. The summed E-state index contributed by atoms with van der Waals surface area (Å²) in [5.74, 6) is -1.12. The van der Waals surface area contributed by atoms with E-state index >= 15 is 0 Å². The molecule has 0 atom stereocenters. The summed E-state index contributed by atoms with van der Waals surface area (Å²) < 4.78 is 10.3. The zero-order valence-electron chi connectivity index (χ0n) is 13.7. The van der Waals surface area contributed by atoms with Crippen molar-refractivity contribution in [3.8, 4) is 23.0 Å². The van der Waals surface area contributed by atoms with Gasteiger partial charge in [-0.25, -0.2) is 0 Å². The Labute approximate surface area is 138 Å². The smallest absolute Gasteiger partial charge is 0.201 e. The molecule has 1 aliphatic rings. The lowest BCUT2D eigenvalue weighted by Gasteiger charge is -2.23. The van der Waals surface area contributed by atoms with Crippen LogP contribution in [0.1, 0.15) is 43.0 Å². The number of ketones is 2. The SMILES string of the molecule is COc1cc2c(c(O)c1C)C(=O)c1c(cc(OC)c(C)c1O)C2=O. The van der Waals surface area contributed by atoms with Crippen LogP contribution in [0, 0.1) is 13.8 Å². The van der Waals surface area contributed by atoms with Gasteiger partial charge in [0.1, 0.15) is 23.0 Å². The summed E-state index contributed by atoms with van der Waals surface area (Å²) in [6.07, 6.45) is 0. The predicted octanol–water partition coefficient (Wildman–Crippen LogP) is 2.51. The van der Waals surface area contributed by atoms with Gasteiger partial charge in [-0.3, -0.25) is 9.59 Å². The number of rotatable bonds is 2. The molecule has 24 heavy (non-hydrogen) atoms. The van der Waals surface area contributed by atoms with E-state index < -0.39 is 11.6 Å². The Kier molecular flexibility index (Phi) is 3.48. The summed E-state index contributed by atoms with van der Waals surface area (Å²) in [6, 6.07) is 2.86. The molecule has 2 N–H and O–H groups in total. The lowest BCUT2D eigenvalue weighted by molar-refractivity contribution is 0.0973. The molecule has 6 heteroatoms. The number of ether oxygens (including phenoxy) is 2. The van der Waals surface area contributed by atoms with Gasteiger partial charge < -0.3 is 19.7 Å². The number of phenolic OH excluding ortho intramolecular Hbond substituents is 2. The van der Waals surface area contributed by atoms with E-state index in [1.165, 1.54) is 26.4 Å². The van der Waals surface area contributed by atoms with Crippen molar-refractivity contribution < 1.29 is 29.3 Å². The minimum atomic E-state index is -0.605. The molecule has 0 aliphatic heterocycles. The van der Waals surface area contributed by atoms with E-state index in [0.717, 1.165) is 0 Å². The Morgan fingerprint density at radius 1 is 0.750 bits per heavy atom. The second-order valence-electron chi connectivity index (χ2n) is 5.61. The van der Waals surface area contributed by atoms with Crippen LogP contribution in [0.5, 0.6) is 23.0 Å². The zero-order chi connectivity index (χ0) is 17.8. The molecule has 0 amide bonds. The first-order valence-corrected chi connectivity index (χ1v) is 7.23. The normalized spacial score (nSPS) is 12.7. The van der Waals surface area contributed by atoms with E-state index in [2.05, 4.69) is 0 Å². The molecule has 6 nitrogen and oxygen atoms in total. The molecule has 124 valence electrons. The highest BCUT2D eigenvalue weighted by molar-refractivity contribution is 6.30. The number of hydrogen-bond donors (Lipinski definition) is 2. The van der Waals surface area contributed by atoms with Crippen molar-refractivity contribution in [1.29, 1.82) is 0 Å². The largest absolute Gasteiger partial charge is 0.507 e. The first kappa shape index (κ1) is 15.9. The van der Waals surface area contributed by atoms with Gasteiger partial charge in [0, 0.05) is 22.3 Å². The molecule has 0 aromatic heterocycles. The van der Waals surface area contributed by atoms with Crippen molar-refractivity contribution >= 4 is 11.6 Å². The molecular formula is C18H16O6. The van der Waals surface area contributed by atoms with Gasteiger partial charge in [0.05, 0.1) is 25.3 Å². The summed E-state index contributed by atoms with van der Waals surface area (Å²) >= 11 is 0. The van der Waals surface area contributed by atoms with Crippen LogP contribution in [-0.2, 0) is 0 Å². The molecule has 0 radical (unpaired) electrons. The number of carbonyl (C=O) groups excluding carboxylic acids is 2. The maximum absolute atomic E-state index is 12.8. The van der Waals surface area contributed by atoms with Crippen molar-refractivity contribution in [1.82, 2.24) is 0 Å². The van der Waals surface area contributed by atoms with Crippen LogP contribution in [0.25, 0.3) is 0 Å². The molecule has 3 rings (SSSR count). The van der Waals surface area contributed by atoms with Gasteiger partial charge in [0.15, 0.2) is 5.78 Å². The number of aromatic hydroxyl groups is 2. The van der Waals surface area contributed by atoms with Gasteiger partial charge in [0.2, 0.25) is 5.78 Å². The summed E-state index contributed by atoms with van der Waals surface area (Å²) in [4.78, 5) is 25.7. The summed E-state index contributed by atoms with van der Waals surface area (Å²) in [5, 5.41) is 20.7. The highest BCUT2D eigenvalue weighted by Gasteiger charge is 2.37. The average molecular weight is 328 g/mol. The minimum Gasteiger partial charge on any atom is -0.507 e. The molecule has 2 aromatic carbocycles. The maximum Gasteiger partial charge on any atom is 0.201 e. The lowest BCUT2D eigenvalue weighted by atomic mass is 9.81. The van der Waals surface area contributed by atoms with Crippen LogP contribution in [0.2, 0.25) is 0 Å². The van der Waals surface area contributed by atoms with Gasteiger partial charge in [-0.05, 0) is 26.0 Å². The molecular weight excluding hydrogens is 312 g/mol. The Balaban J connectivity index is 2.39. The van der Waals surface area contributed by atoms with E-state index in [0.29, 0.717) is 22.6 Å².